The third-order valence-electron chi connectivity index (χ3n) is 3.84. The molecule has 8 nitrogen and oxygen atoms in total. The highest BCUT2D eigenvalue weighted by Crippen LogP contribution is 2.11. The van der Waals surface area contributed by atoms with Crippen LogP contribution in [-0.2, 0) is 6.54 Å². The van der Waals surface area contributed by atoms with E-state index in [0.717, 1.165) is 5.56 Å². The molecule has 4 rings (SSSR count). The molecular weight excluding hydrogens is 349 g/mol. The van der Waals surface area contributed by atoms with Gasteiger partial charge in [0.15, 0.2) is 11.5 Å². The summed E-state index contributed by atoms with van der Waals surface area (Å²) in [6.07, 6.45) is 6.20. The van der Waals surface area contributed by atoms with Crippen LogP contribution in [0.5, 0.6) is 0 Å². The maximum atomic E-state index is 13.3. The molecule has 1 aromatic carbocycles. The van der Waals surface area contributed by atoms with Gasteiger partial charge < -0.3 is 5.32 Å². The Bertz CT molecular complexity index is 1070. The summed E-state index contributed by atoms with van der Waals surface area (Å²) in [6.45, 7) is 0.245. The number of halogens is 1. The van der Waals surface area contributed by atoms with E-state index in [4.69, 9.17) is 0 Å². The van der Waals surface area contributed by atoms with E-state index >= 15 is 0 Å². The minimum atomic E-state index is -0.369. The number of carbonyl (C=O) groups excluding carboxylic acids is 1. The van der Waals surface area contributed by atoms with Crippen molar-refractivity contribution in [2.45, 2.75) is 6.54 Å². The molecule has 9 heteroatoms. The second-order valence-electron chi connectivity index (χ2n) is 5.63. The molecule has 0 saturated heterocycles. The Labute approximate surface area is 153 Å². The van der Waals surface area contributed by atoms with Crippen LogP contribution in [0.1, 0.15) is 16.1 Å². The van der Waals surface area contributed by atoms with Gasteiger partial charge in [0.05, 0.1) is 5.69 Å². The molecule has 0 aliphatic carbocycles. The summed E-state index contributed by atoms with van der Waals surface area (Å²) in [5.74, 6) is -0.134. The number of hydrogen-bond acceptors (Lipinski definition) is 5. The smallest absolute Gasteiger partial charge is 0.272 e. The maximum Gasteiger partial charge on any atom is 0.272 e. The molecule has 3 aromatic heterocycles. The van der Waals surface area contributed by atoms with Crippen molar-refractivity contribution in [3.63, 3.8) is 0 Å². The fraction of sp³-hybridized carbons (Fsp3) is 0.0556. The molecule has 0 fully saturated rings. The summed E-state index contributed by atoms with van der Waals surface area (Å²) in [7, 11) is 0. The Morgan fingerprint density at radius 2 is 2.07 bits per heavy atom. The Hall–Kier alpha value is -3.88. The van der Waals surface area contributed by atoms with E-state index in [-0.39, 0.29) is 24.0 Å². The maximum absolute atomic E-state index is 13.3. The lowest BCUT2D eigenvalue weighted by molar-refractivity contribution is 0.0945. The molecule has 0 aliphatic heterocycles. The van der Waals surface area contributed by atoms with Gasteiger partial charge in [0.25, 0.3) is 5.91 Å². The number of amides is 1. The van der Waals surface area contributed by atoms with Crippen LogP contribution in [0.25, 0.3) is 11.5 Å². The van der Waals surface area contributed by atoms with Gasteiger partial charge in [-0.2, -0.15) is 10.2 Å². The van der Waals surface area contributed by atoms with E-state index in [9.17, 15) is 9.18 Å². The molecule has 0 unspecified atom stereocenters. The van der Waals surface area contributed by atoms with Crippen molar-refractivity contribution in [1.29, 1.82) is 0 Å². The summed E-state index contributed by atoms with van der Waals surface area (Å²) in [5.41, 5.74) is 1.54. The van der Waals surface area contributed by atoms with E-state index in [2.05, 4.69) is 25.5 Å². The third-order valence-corrected chi connectivity index (χ3v) is 3.84. The molecule has 0 spiro atoms. The third kappa shape index (κ3) is 3.56. The van der Waals surface area contributed by atoms with Crippen molar-refractivity contribution < 1.29 is 9.18 Å². The second-order valence-corrected chi connectivity index (χ2v) is 5.63. The number of hydrogen-bond donors (Lipinski definition) is 1. The molecular formula is C18H14FN7O. The first-order valence-electron chi connectivity index (χ1n) is 8.09. The fourth-order valence-electron chi connectivity index (χ4n) is 2.57. The van der Waals surface area contributed by atoms with E-state index in [1.807, 2.05) is 6.07 Å². The molecule has 1 N–H and O–H groups in total. The number of benzene rings is 1. The first-order chi connectivity index (χ1) is 13.2. The highest BCUT2D eigenvalue weighted by Gasteiger charge is 2.12. The van der Waals surface area contributed by atoms with Crippen LogP contribution in [0.3, 0.4) is 0 Å². The Morgan fingerprint density at radius 3 is 2.89 bits per heavy atom. The van der Waals surface area contributed by atoms with Crippen LogP contribution >= 0.6 is 0 Å². The van der Waals surface area contributed by atoms with Gasteiger partial charge in [-0.15, -0.1) is 0 Å². The monoisotopic (exact) mass is 363 g/mol. The quantitative estimate of drug-likeness (QED) is 0.585. The lowest BCUT2D eigenvalue weighted by Crippen LogP contribution is -2.24. The number of nitrogens with zero attached hydrogens (tertiary/aromatic N) is 6. The SMILES string of the molecule is O=C(NCc1cccnc1-n1cncn1)c1ccn(-c2cccc(F)c2)n1. The minimum Gasteiger partial charge on any atom is -0.346 e. The van der Waals surface area contributed by atoms with Gasteiger partial charge in [-0.3, -0.25) is 4.79 Å². The average molecular weight is 363 g/mol. The molecule has 4 aromatic rings. The van der Waals surface area contributed by atoms with Crippen molar-refractivity contribution in [2.24, 2.45) is 0 Å². The second kappa shape index (κ2) is 7.16. The van der Waals surface area contributed by atoms with Crippen molar-refractivity contribution >= 4 is 5.91 Å². The molecule has 0 saturated carbocycles. The topological polar surface area (TPSA) is 90.5 Å². The minimum absolute atomic E-state index is 0.227. The van der Waals surface area contributed by atoms with Crippen LogP contribution in [0.4, 0.5) is 4.39 Å². The summed E-state index contributed by atoms with van der Waals surface area (Å²) in [5, 5.41) is 11.1. The van der Waals surface area contributed by atoms with E-state index < -0.39 is 0 Å². The number of pyridine rings is 1. The van der Waals surface area contributed by atoms with Crippen molar-refractivity contribution in [2.75, 3.05) is 0 Å². The zero-order chi connectivity index (χ0) is 18.6. The highest BCUT2D eigenvalue weighted by atomic mass is 19.1. The molecule has 0 bridgehead atoms. The van der Waals surface area contributed by atoms with Crippen LogP contribution < -0.4 is 5.32 Å². The molecule has 27 heavy (non-hydrogen) atoms. The predicted octanol–water partition coefficient (Wildman–Crippen LogP) is 1.92. The van der Waals surface area contributed by atoms with E-state index in [1.54, 1.807) is 36.7 Å². The van der Waals surface area contributed by atoms with Gasteiger partial charge >= 0.3 is 0 Å². The zero-order valence-corrected chi connectivity index (χ0v) is 14.0. The molecule has 3 heterocycles. The van der Waals surface area contributed by atoms with Crippen molar-refractivity contribution in [3.05, 3.63) is 84.6 Å². The normalized spacial score (nSPS) is 10.7. The van der Waals surface area contributed by atoms with Gasteiger partial charge in [-0.25, -0.2) is 23.7 Å². The molecule has 0 atom stereocenters. The number of carbonyl (C=O) groups is 1. The Kier molecular flexibility index (Phi) is 4.40. The van der Waals surface area contributed by atoms with Gasteiger partial charge in [-0.1, -0.05) is 12.1 Å². The van der Waals surface area contributed by atoms with Crippen LogP contribution in [-0.4, -0.2) is 35.4 Å². The van der Waals surface area contributed by atoms with Gasteiger partial charge in [0, 0.05) is 24.5 Å². The highest BCUT2D eigenvalue weighted by molar-refractivity contribution is 5.92. The first-order valence-corrected chi connectivity index (χ1v) is 8.09. The van der Waals surface area contributed by atoms with Crippen LogP contribution in [0, 0.1) is 5.82 Å². The van der Waals surface area contributed by atoms with Crippen molar-refractivity contribution in [3.8, 4) is 11.5 Å². The summed E-state index contributed by atoms with van der Waals surface area (Å²) in [4.78, 5) is 20.6. The van der Waals surface area contributed by atoms with Gasteiger partial charge in [0.2, 0.25) is 0 Å². The molecule has 134 valence electrons. The number of aromatic nitrogens is 6. The first kappa shape index (κ1) is 16.6. The van der Waals surface area contributed by atoms with Gasteiger partial charge in [-0.05, 0) is 30.3 Å². The largest absolute Gasteiger partial charge is 0.346 e. The Balaban J connectivity index is 1.48. The standard InChI is InChI=1S/C18H14FN7O/c19-14-4-1-5-15(9-14)25-8-6-16(24-25)18(27)22-10-13-3-2-7-21-17(13)26-12-20-11-23-26/h1-9,11-12H,10H2,(H,22,27). The molecule has 0 aliphatic rings. The van der Waals surface area contributed by atoms with Crippen molar-refractivity contribution in [1.82, 2.24) is 34.8 Å². The lowest BCUT2D eigenvalue weighted by atomic mass is 10.2. The molecule has 0 radical (unpaired) electrons. The fourth-order valence-corrected chi connectivity index (χ4v) is 2.57. The van der Waals surface area contributed by atoms with E-state index in [0.29, 0.717) is 11.5 Å². The summed E-state index contributed by atoms with van der Waals surface area (Å²) < 4.78 is 16.3. The number of rotatable bonds is 5. The number of nitrogens with one attached hydrogen (secondary N) is 1. The summed E-state index contributed by atoms with van der Waals surface area (Å²) in [6, 6.07) is 11.2. The molecule has 1 amide bonds. The predicted molar refractivity (Wildman–Crippen MR) is 93.8 cm³/mol. The van der Waals surface area contributed by atoms with Crippen LogP contribution in [0.15, 0.2) is 67.5 Å². The average Bonchev–Trinajstić information content (AvgIpc) is 3.38. The van der Waals surface area contributed by atoms with E-state index in [1.165, 1.54) is 34.2 Å². The Morgan fingerprint density at radius 1 is 1.15 bits per heavy atom. The lowest BCUT2D eigenvalue weighted by Gasteiger charge is -2.08. The zero-order valence-electron chi connectivity index (χ0n) is 14.0. The van der Waals surface area contributed by atoms with Crippen LogP contribution in [0.2, 0.25) is 0 Å². The van der Waals surface area contributed by atoms with Gasteiger partial charge in [0.1, 0.15) is 18.5 Å². The summed E-state index contributed by atoms with van der Waals surface area (Å²) >= 11 is 0.